The molecule has 1 amide bonds. The van der Waals surface area contributed by atoms with Crippen LogP contribution in [0.3, 0.4) is 0 Å². The number of methoxy groups -OCH3 is 1. The van der Waals surface area contributed by atoms with Crippen LogP contribution in [0.25, 0.3) is 21.8 Å². The highest BCUT2D eigenvalue weighted by Gasteiger charge is 2.35. The predicted octanol–water partition coefficient (Wildman–Crippen LogP) is 5.77. The molecule has 0 saturated carbocycles. The van der Waals surface area contributed by atoms with Gasteiger partial charge < -0.3 is 14.2 Å². The van der Waals surface area contributed by atoms with Gasteiger partial charge in [0.1, 0.15) is 11.6 Å². The largest absolute Gasteiger partial charge is 0.497 e. The quantitative estimate of drug-likeness (QED) is 0.344. The van der Waals surface area contributed by atoms with Crippen LogP contribution in [0.2, 0.25) is 0 Å². The van der Waals surface area contributed by atoms with Crippen molar-refractivity contribution in [1.29, 1.82) is 0 Å². The number of imidazole rings is 1. The molecule has 5 heteroatoms. The average molecular weight is 448 g/mol. The van der Waals surface area contributed by atoms with Gasteiger partial charge in [-0.1, -0.05) is 60.7 Å². The topological polar surface area (TPSA) is 47.4 Å². The van der Waals surface area contributed by atoms with Crippen molar-refractivity contribution >= 4 is 33.4 Å². The maximum absolute atomic E-state index is 13.1. The van der Waals surface area contributed by atoms with E-state index in [-0.39, 0.29) is 11.8 Å². The number of benzene rings is 4. The number of aromatic nitrogens is 2. The molecule has 5 aromatic rings. The number of fused-ring (bicyclic) bond motifs is 2. The molecule has 1 fully saturated rings. The molecule has 6 rings (SSSR count). The van der Waals surface area contributed by atoms with Gasteiger partial charge in [0, 0.05) is 37.2 Å². The summed E-state index contributed by atoms with van der Waals surface area (Å²) in [4.78, 5) is 19.9. The Bertz CT molecular complexity index is 1520. The van der Waals surface area contributed by atoms with Crippen LogP contribution < -0.4 is 9.64 Å². The molecule has 0 radical (unpaired) electrons. The molecule has 34 heavy (non-hydrogen) atoms. The van der Waals surface area contributed by atoms with Gasteiger partial charge in [0.05, 0.1) is 18.1 Å². The van der Waals surface area contributed by atoms with Crippen LogP contribution in [0.5, 0.6) is 5.75 Å². The van der Waals surface area contributed by atoms with Crippen LogP contribution in [-0.4, -0.2) is 29.1 Å². The minimum Gasteiger partial charge on any atom is -0.497 e. The maximum atomic E-state index is 13.1. The maximum Gasteiger partial charge on any atom is 0.227 e. The first-order chi connectivity index (χ1) is 16.7. The van der Waals surface area contributed by atoms with Crippen molar-refractivity contribution in [2.45, 2.75) is 18.9 Å². The highest BCUT2D eigenvalue weighted by atomic mass is 16.5. The second-order valence-corrected chi connectivity index (χ2v) is 8.79. The van der Waals surface area contributed by atoms with E-state index in [2.05, 4.69) is 65.2 Å². The Labute approximate surface area is 198 Å². The zero-order valence-electron chi connectivity index (χ0n) is 19.0. The van der Waals surface area contributed by atoms with Crippen LogP contribution in [0, 0.1) is 0 Å². The summed E-state index contributed by atoms with van der Waals surface area (Å²) < 4.78 is 7.66. The number of ether oxygens (including phenoxy) is 1. The van der Waals surface area contributed by atoms with Crippen LogP contribution >= 0.6 is 0 Å². The first kappa shape index (κ1) is 20.5. The monoisotopic (exact) mass is 447 g/mol. The lowest BCUT2D eigenvalue weighted by atomic mass is 10.0. The highest BCUT2D eigenvalue weighted by Crippen LogP contribution is 2.35. The lowest BCUT2D eigenvalue weighted by Gasteiger charge is -2.18. The smallest absolute Gasteiger partial charge is 0.227 e. The normalized spacial score (nSPS) is 16.0. The fourth-order valence-corrected chi connectivity index (χ4v) is 5.08. The van der Waals surface area contributed by atoms with E-state index in [0.717, 1.165) is 28.3 Å². The van der Waals surface area contributed by atoms with Crippen molar-refractivity contribution in [2.24, 2.45) is 0 Å². The number of carbonyl (C=O) groups excluding carboxylic acids is 1. The van der Waals surface area contributed by atoms with Crippen LogP contribution in [0.4, 0.5) is 5.69 Å². The molecule has 168 valence electrons. The molecule has 1 aromatic heterocycles. The van der Waals surface area contributed by atoms with Crippen molar-refractivity contribution in [2.75, 3.05) is 18.6 Å². The molecule has 0 bridgehead atoms. The predicted molar refractivity (Wildman–Crippen MR) is 135 cm³/mol. The van der Waals surface area contributed by atoms with Gasteiger partial charge in [-0.15, -0.1) is 0 Å². The van der Waals surface area contributed by atoms with Gasteiger partial charge in [0.2, 0.25) is 5.91 Å². The summed E-state index contributed by atoms with van der Waals surface area (Å²) in [5.74, 6) is 1.84. The Morgan fingerprint density at radius 1 is 0.941 bits per heavy atom. The van der Waals surface area contributed by atoms with E-state index in [9.17, 15) is 4.79 Å². The van der Waals surface area contributed by atoms with E-state index < -0.39 is 0 Å². The van der Waals surface area contributed by atoms with E-state index >= 15 is 0 Å². The fourth-order valence-electron chi connectivity index (χ4n) is 5.08. The number of carbonyl (C=O) groups is 1. The number of nitrogens with zero attached hydrogens (tertiary/aromatic N) is 3. The Morgan fingerprint density at radius 3 is 2.65 bits per heavy atom. The second-order valence-electron chi connectivity index (χ2n) is 8.79. The van der Waals surface area contributed by atoms with E-state index in [1.165, 1.54) is 16.3 Å². The number of hydrogen-bond donors (Lipinski definition) is 0. The van der Waals surface area contributed by atoms with E-state index in [1.807, 2.05) is 35.2 Å². The van der Waals surface area contributed by atoms with Gasteiger partial charge in [0.25, 0.3) is 0 Å². The van der Waals surface area contributed by atoms with Crippen molar-refractivity contribution < 1.29 is 9.53 Å². The molecule has 0 spiro atoms. The molecule has 1 saturated heterocycles. The Hall–Kier alpha value is -4.12. The number of anilines is 1. The number of para-hydroxylation sites is 2. The third-order valence-electron chi connectivity index (χ3n) is 6.75. The standard InChI is InChI=1S/C29H25N3O2/c1-34-24-12-7-11-23(17-24)31-19-22(16-28(31)33)29-30-26-14-4-5-15-27(26)32(29)18-21-10-6-9-20-8-2-3-13-25(20)21/h2-15,17,22H,16,18-19H2,1H3/t22-/m1/s1. The number of amides is 1. The Balaban J connectivity index is 1.41. The Kier molecular flexibility index (Phi) is 5.02. The zero-order valence-corrected chi connectivity index (χ0v) is 19.0. The van der Waals surface area contributed by atoms with Gasteiger partial charge in [0.15, 0.2) is 0 Å². The summed E-state index contributed by atoms with van der Waals surface area (Å²) in [6.45, 7) is 1.31. The molecule has 0 unspecified atom stereocenters. The number of rotatable bonds is 5. The van der Waals surface area contributed by atoms with Gasteiger partial charge in [-0.2, -0.15) is 0 Å². The molecule has 1 aliphatic rings. The SMILES string of the molecule is COc1cccc(N2C[C@H](c3nc4ccccc4n3Cc3cccc4ccccc34)CC2=O)c1. The molecule has 0 aliphatic carbocycles. The van der Waals surface area contributed by atoms with E-state index in [1.54, 1.807) is 7.11 Å². The molecule has 4 aromatic carbocycles. The van der Waals surface area contributed by atoms with Gasteiger partial charge >= 0.3 is 0 Å². The van der Waals surface area contributed by atoms with Crippen molar-refractivity contribution in [3.8, 4) is 5.75 Å². The molecule has 1 atom stereocenters. The summed E-state index contributed by atoms with van der Waals surface area (Å²) >= 11 is 0. The van der Waals surface area contributed by atoms with Crippen LogP contribution in [0.1, 0.15) is 23.7 Å². The summed E-state index contributed by atoms with van der Waals surface area (Å²) in [5.41, 5.74) is 4.17. The molecular weight excluding hydrogens is 422 g/mol. The van der Waals surface area contributed by atoms with Gasteiger partial charge in [-0.25, -0.2) is 4.98 Å². The van der Waals surface area contributed by atoms with Crippen molar-refractivity contribution in [3.05, 3.63) is 102 Å². The lowest BCUT2D eigenvalue weighted by Crippen LogP contribution is -2.24. The van der Waals surface area contributed by atoms with Gasteiger partial charge in [-0.3, -0.25) is 4.79 Å². The minimum atomic E-state index is 0.0149. The first-order valence-electron chi connectivity index (χ1n) is 11.6. The summed E-state index contributed by atoms with van der Waals surface area (Å²) in [6, 6.07) is 30.8. The van der Waals surface area contributed by atoms with Gasteiger partial charge in [-0.05, 0) is 40.6 Å². The van der Waals surface area contributed by atoms with Crippen molar-refractivity contribution in [3.63, 3.8) is 0 Å². The first-order valence-corrected chi connectivity index (χ1v) is 11.6. The fraction of sp³-hybridized carbons (Fsp3) is 0.172. The average Bonchev–Trinajstić information content (AvgIpc) is 3.45. The van der Waals surface area contributed by atoms with E-state index in [0.29, 0.717) is 19.5 Å². The number of hydrogen-bond acceptors (Lipinski definition) is 3. The molecule has 0 N–H and O–H groups in total. The highest BCUT2D eigenvalue weighted by molar-refractivity contribution is 5.96. The Morgan fingerprint density at radius 2 is 1.74 bits per heavy atom. The molecular formula is C29H25N3O2. The minimum absolute atomic E-state index is 0.0149. The molecule has 1 aliphatic heterocycles. The molecule has 2 heterocycles. The third kappa shape index (κ3) is 3.50. The lowest BCUT2D eigenvalue weighted by molar-refractivity contribution is -0.117. The van der Waals surface area contributed by atoms with E-state index in [4.69, 9.17) is 9.72 Å². The van der Waals surface area contributed by atoms with Crippen LogP contribution in [-0.2, 0) is 11.3 Å². The summed E-state index contributed by atoms with van der Waals surface area (Å²) in [5, 5.41) is 2.47. The third-order valence-corrected chi connectivity index (χ3v) is 6.75. The second kappa shape index (κ2) is 8.34. The molecule has 5 nitrogen and oxygen atoms in total. The van der Waals surface area contributed by atoms with Crippen molar-refractivity contribution in [1.82, 2.24) is 9.55 Å². The summed E-state index contributed by atoms with van der Waals surface area (Å²) in [6.07, 6.45) is 0.441. The zero-order chi connectivity index (χ0) is 23.1. The van der Waals surface area contributed by atoms with Crippen LogP contribution in [0.15, 0.2) is 91.0 Å². The summed E-state index contributed by atoms with van der Waals surface area (Å²) in [7, 11) is 1.64.